The van der Waals surface area contributed by atoms with Crippen LogP contribution in [-0.2, 0) is 11.2 Å². The predicted molar refractivity (Wildman–Crippen MR) is 100.0 cm³/mol. The van der Waals surface area contributed by atoms with Gasteiger partial charge in [0.1, 0.15) is 0 Å². The number of halogens is 1. The van der Waals surface area contributed by atoms with E-state index in [1.165, 1.54) is 0 Å². The highest BCUT2D eigenvalue weighted by Crippen LogP contribution is 2.19. The molecule has 0 unspecified atom stereocenters. The zero-order valence-corrected chi connectivity index (χ0v) is 13.8. The van der Waals surface area contributed by atoms with E-state index in [0.717, 1.165) is 22.6 Å². The van der Waals surface area contributed by atoms with Gasteiger partial charge in [-0.15, -0.1) is 0 Å². The van der Waals surface area contributed by atoms with Crippen molar-refractivity contribution in [2.75, 3.05) is 10.6 Å². The average molecular weight is 337 g/mol. The van der Waals surface area contributed by atoms with Gasteiger partial charge < -0.3 is 10.6 Å². The van der Waals surface area contributed by atoms with Crippen LogP contribution < -0.4 is 10.6 Å². The van der Waals surface area contributed by atoms with Crippen LogP contribution in [0.1, 0.15) is 5.56 Å². The third kappa shape index (κ3) is 4.61. The van der Waals surface area contributed by atoms with E-state index in [4.69, 9.17) is 11.6 Å². The molecule has 1 amide bonds. The summed E-state index contributed by atoms with van der Waals surface area (Å²) in [4.78, 5) is 12.1. The van der Waals surface area contributed by atoms with Crippen LogP contribution in [-0.4, -0.2) is 5.91 Å². The summed E-state index contributed by atoms with van der Waals surface area (Å²) in [6.07, 6.45) is 0.321. The molecule has 0 fully saturated rings. The van der Waals surface area contributed by atoms with Gasteiger partial charge in [0.25, 0.3) is 0 Å². The molecule has 0 heterocycles. The van der Waals surface area contributed by atoms with Crippen LogP contribution in [0.25, 0.3) is 0 Å². The molecule has 3 rings (SSSR count). The Morgan fingerprint density at radius 3 is 2.00 bits per heavy atom. The van der Waals surface area contributed by atoms with E-state index in [1.807, 2.05) is 66.7 Å². The average Bonchev–Trinajstić information content (AvgIpc) is 2.60. The molecule has 0 saturated heterocycles. The Bertz CT molecular complexity index is 799. The van der Waals surface area contributed by atoms with Gasteiger partial charge in [-0.3, -0.25) is 4.79 Å². The Morgan fingerprint density at radius 2 is 1.33 bits per heavy atom. The maximum absolute atomic E-state index is 12.1. The molecule has 0 aliphatic rings. The molecule has 3 aromatic carbocycles. The highest BCUT2D eigenvalue weighted by molar-refractivity contribution is 6.30. The first-order valence-electron chi connectivity index (χ1n) is 7.65. The smallest absolute Gasteiger partial charge is 0.228 e. The van der Waals surface area contributed by atoms with Gasteiger partial charge in [0.15, 0.2) is 0 Å². The number of carbonyl (C=O) groups is 1. The summed E-state index contributed by atoms with van der Waals surface area (Å²) >= 11 is 5.84. The molecule has 0 atom stereocenters. The number of benzene rings is 3. The first-order valence-corrected chi connectivity index (χ1v) is 8.03. The highest BCUT2D eigenvalue weighted by Gasteiger charge is 2.04. The zero-order chi connectivity index (χ0) is 16.8. The van der Waals surface area contributed by atoms with Crippen molar-refractivity contribution in [3.63, 3.8) is 0 Å². The third-order valence-corrected chi connectivity index (χ3v) is 3.76. The minimum Gasteiger partial charge on any atom is -0.356 e. The van der Waals surface area contributed by atoms with Crippen molar-refractivity contribution in [1.82, 2.24) is 0 Å². The fourth-order valence-electron chi connectivity index (χ4n) is 2.32. The lowest BCUT2D eigenvalue weighted by Gasteiger charge is -2.09. The summed E-state index contributed by atoms with van der Waals surface area (Å²) < 4.78 is 0. The highest BCUT2D eigenvalue weighted by atomic mass is 35.5. The molecular formula is C20H17ClN2O. The van der Waals surface area contributed by atoms with Crippen molar-refractivity contribution < 1.29 is 4.79 Å². The molecule has 0 aliphatic heterocycles. The van der Waals surface area contributed by atoms with Crippen molar-refractivity contribution in [3.05, 3.63) is 89.4 Å². The lowest BCUT2D eigenvalue weighted by atomic mass is 10.1. The molecule has 2 N–H and O–H groups in total. The number of nitrogens with one attached hydrogen (secondary N) is 2. The topological polar surface area (TPSA) is 41.1 Å². The standard InChI is InChI=1S/C20H17ClN2O/c21-16-8-6-15(7-9-16)14-20(24)23-19-12-10-18(11-13-19)22-17-4-2-1-3-5-17/h1-13,22H,14H2,(H,23,24). The maximum Gasteiger partial charge on any atom is 0.228 e. The number of hydrogen-bond acceptors (Lipinski definition) is 2. The number of amides is 1. The third-order valence-electron chi connectivity index (χ3n) is 3.51. The van der Waals surface area contributed by atoms with E-state index in [-0.39, 0.29) is 5.91 Å². The van der Waals surface area contributed by atoms with Crippen LogP contribution in [0, 0.1) is 0 Å². The molecule has 0 aliphatic carbocycles. The van der Waals surface area contributed by atoms with E-state index in [0.29, 0.717) is 11.4 Å². The lowest BCUT2D eigenvalue weighted by Crippen LogP contribution is -2.14. The summed E-state index contributed by atoms with van der Waals surface area (Å²) in [6, 6.07) is 24.9. The van der Waals surface area contributed by atoms with Crippen LogP contribution in [0.15, 0.2) is 78.9 Å². The van der Waals surface area contributed by atoms with E-state index >= 15 is 0 Å². The summed E-state index contributed by atoms with van der Waals surface area (Å²) in [5.41, 5.74) is 3.70. The fourth-order valence-corrected chi connectivity index (χ4v) is 2.44. The minimum absolute atomic E-state index is 0.0545. The molecule has 3 aromatic rings. The Kier molecular flexibility index (Phi) is 5.14. The van der Waals surface area contributed by atoms with Gasteiger partial charge >= 0.3 is 0 Å². The molecule has 3 nitrogen and oxygen atoms in total. The van der Waals surface area contributed by atoms with Gasteiger partial charge in [0.2, 0.25) is 5.91 Å². The second-order valence-electron chi connectivity index (χ2n) is 5.42. The Morgan fingerprint density at radius 1 is 0.750 bits per heavy atom. The number of anilines is 3. The van der Waals surface area contributed by atoms with Gasteiger partial charge in [-0.25, -0.2) is 0 Å². The zero-order valence-electron chi connectivity index (χ0n) is 13.0. The van der Waals surface area contributed by atoms with Crippen LogP contribution in [0.5, 0.6) is 0 Å². The van der Waals surface area contributed by atoms with Gasteiger partial charge in [0, 0.05) is 22.1 Å². The van der Waals surface area contributed by atoms with Gasteiger partial charge in [0.05, 0.1) is 6.42 Å². The van der Waals surface area contributed by atoms with Crippen molar-refractivity contribution in [1.29, 1.82) is 0 Å². The van der Waals surface area contributed by atoms with E-state index in [9.17, 15) is 4.79 Å². The summed E-state index contributed by atoms with van der Waals surface area (Å²) in [6.45, 7) is 0. The fraction of sp³-hybridized carbons (Fsp3) is 0.0500. The summed E-state index contributed by atoms with van der Waals surface area (Å²) in [5, 5.41) is 6.87. The van der Waals surface area contributed by atoms with Crippen molar-refractivity contribution >= 4 is 34.6 Å². The quantitative estimate of drug-likeness (QED) is 0.666. The molecular weight excluding hydrogens is 320 g/mol. The second kappa shape index (κ2) is 7.66. The maximum atomic E-state index is 12.1. The SMILES string of the molecule is O=C(Cc1ccc(Cl)cc1)Nc1ccc(Nc2ccccc2)cc1. The predicted octanol–water partition coefficient (Wildman–Crippen LogP) is 5.26. The molecule has 0 bridgehead atoms. The molecule has 0 aromatic heterocycles. The van der Waals surface area contributed by atoms with E-state index in [1.54, 1.807) is 12.1 Å². The van der Waals surface area contributed by atoms with Crippen molar-refractivity contribution in [2.24, 2.45) is 0 Å². The number of hydrogen-bond donors (Lipinski definition) is 2. The molecule has 24 heavy (non-hydrogen) atoms. The van der Waals surface area contributed by atoms with Crippen LogP contribution in [0.3, 0.4) is 0 Å². The molecule has 4 heteroatoms. The number of rotatable bonds is 5. The second-order valence-corrected chi connectivity index (χ2v) is 5.86. The van der Waals surface area contributed by atoms with Crippen molar-refractivity contribution in [2.45, 2.75) is 6.42 Å². The summed E-state index contributed by atoms with van der Waals surface area (Å²) in [5.74, 6) is -0.0545. The largest absolute Gasteiger partial charge is 0.356 e. The molecule has 0 saturated carbocycles. The summed E-state index contributed by atoms with van der Waals surface area (Å²) in [7, 11) is 0. The van der Waals surface area contributed by atoms with Gasteiger partial charge in [-0.1, -0.05) is 41.9 Å². The normalized spacial score (nSPS) is 10.2. The Labute approximate surface area is 146 Å². The van der Waals surface area contributed by atoms with Crippen LogP contribution in [0.4, 0.5) is 17.1 Å². The number of carbonyl (C=O) groups excluding carboxylic acids is 1. The molecule has 120 valence electrons. The van der Waals surface area contributed by atoms with Crippen LogP contribution in [0.2, 0.25) is 5.02 Å². The molecule has 0 radical (unpaired) electrons. The van der Waals surface area contributed by atoms with Gasteiger partial charge in [-0.05, 0) is 54.1 Å². The molecule has 0 spiro atoms. The van der Waals surface area contributed by atoms with E-state index < -0.39 is 0 Å². The monoisotopic (exact) mass is 336 g/mol. The Balaban J connectivity index is 1.57. The minimum atomic E-state index is -0.0545. The number of para-hydroxylation sites is 1. The lowest BCUT2D eigenvalue weighted by molar-refractivity contribution is -0.115. The van der Waals surface area contributed by atoms with Crippen molar-refractivity contribution in [3.8, 4) is 0 Å². The van der Waals surface area contributed by atoms with Crippen LogP contribution >= 0.6 is 11.6 Å². The van der Waals surface area contributed by atoms with Gasteiger partial charge in [-0.2, -0.15) is 0 Å². The van der Waals surface area contributed by atoms with E-state index in [2.05, 4.69) is 10.6 Å². The Hall–Kier alpha value is -2.78. The first kappa shape index (κ1) is 16.1. The first-order chi connectivity index (χ1) is 11.7.